The van der Waals surface area contributed by atoms with Crippen molar-refractivity contribution in [3.05, 3.63) is 0 Å². The van der Waals surface area contributed by atoms with Crippen LogP contribution in [0.1, 0.15) is 64.2 Å². The zero-order chi connectivity index (χ0) is 14.7. The minimum atomic E-state index is -0.282. The summed E-state index contributed by atoms with van der Waals surface area (Å²) in [5.41, 5.74) is 5.82. The fourth-order valence-corrected chi connectivity index (χ4v) is 4.56. The number of ether oxygens (including phenoxy) is 1. The number of hydrogen-bond acceptors (Lipinski definition) is 3. The van der Waals surface area contributed by atoms with Gasteiger partial charge >= 0.3 is 0 Å². The van der Waals surface area contributed by atoms with E-state index in [2.05, 4.69) is 4.90 Å². The number of rotatable bonds is 2. The first kappa shape index (κ1) is 15.3. The van der Waals surface area contributed by atoms with Gasteiger partial charge in [0.1, 0.15) is 0 Å². The second-order valence-electron chi connectivity index (χ2n) is 7.16. The molecule has 0 spiro atoms. The zero-order valence-electron chi connectivity index (χ0n) is 13.2. The van der Waals surface area contributed by atoms with Crippen molar-refractivity contribution in [3.8, 4) is 0 Å². The fraction of sp³-hybridized carbons (Fsp3) is 0.941. The number of nitrogens with two attached hydrogens (primary N) is 1. The lowest BCUT2D eigenvalue weighted by atomic mass is 9.77. The second-order valence-corrected chi connectivity index (χ2v) is 7.16. The lowest BCUT2D eigenvalue weighted by Crippen LogP contribution is -2.59. The first-order valence-electron chi connectivity index (χ1n) is 8.90. The van der Waals surface area contributed by atoms with E-state index in [4.69, 9.17) is 10.5 Å². The molecule has 2 saturated carbocycles. The highest BCUT2D eigenvalue weighted by Crippen LogP contribution is 2.38. The molecule has 2 unspecified atom stereocenters. The van der Waals surface area contributed by atoms with Crippen LogP contribution in [0.4, 0.5) is 0 Å². The predicted molar refractivity (Wildman–Crippen MR) is 82.9 cm³/mol. The summed E-state index contributed by atoms with van der Waals surface area (Å²) >= 11 is 0. The standard InChI is InChI=1S/C17H30N2O2/c18-13-17(9-5-1-2-6-10-17)16(20)19-11-12-21-15-8-4-3-7-14(15)19/h14-15H,1-13,18H2. The van der Waals surface area contributed by atoms with Crippen molar-refractivity contribution in [1.82, 2.24) is 4.90 Å². The van der Waals surface area contributed by atoms with Crippen molar-refractivity contribution in [1.29, 1.82) is 0 Å². The van der Waals surface area contributed by atoms with Crippen LogP contribution in [-0.2, 0) is 9.53 Å². The highest BCUT2D eigenvalue weighted by atomic mass is 16.5. The maximum absolute atomic E-state index is 13.3. The summed E-state index contributed by atoms with van der Waals surface area (Å²) in [7, 11) is 0. The van der Waals surface area contributed by atoms with Crippen LogP contribution < -0.4 is 5.73 Å². The molecule has 3 aliphatic rings. The van der Waals surface area contributed by atoms with Crippen LogP contribution in [0.25, 0.3) is 0 Å². The largest absolute Gasteiger partial charge is 0.374 e. The van der Waals surface area contributed by atoms with E-state index < -0.39 is 0 Å². The third-order valence-electron chi connectivity index (χ3n) is 5.90. The zero-order valence-corrected chi connectivity index (χ0v) is 13.2. The number of morpholine rings is 1. The van der Waals surface area contributed by atoms with Gasteiger partial charge in [-0.15, -0.1) is 0 Å². The molecule has 120 valence electrons. The third-order valence-corrected chi connectivity index (χ3v) is 5.90. The molecular weight excluding hydrogens is 264 g/mol. The predicted octanol–water partition coefficient (Wildman–Crippen LogP) is 2.46. The molecule has 0 bridgehead atoms. The van der Waals surface area contributed by atoms with Crippen LogP contribution in [0.2, 0.25) is 0 Å². The molecule has 1 saturated heterocycles. The molecule has 21 heavy (non-hydrogen) atoms. The highest BCUT2D eigenvalue weighted by molar-refractivity contribution is 5.83. The third kappa shape index (κ3) is 2.98. The second kappa shape index (κ2) is 6.66. The summed E-state index contributed by atoms with van der Waals surface area (Å²) in [5.74, 6) is 0.340. The van der Waals surface area contributed by atoms with Crippen LogP contribution >= 0.6 is 0 Å². The van der Waals surface area contributed by atoms with Gasteiger partial charge in [-0.05, 0) is 25.7 Å². The van der Waals surface area contributed by atoms with Crippen molar-refractivity contribution in [2.75, 3.05) is 19.7 Å². The summed E-state index contributed by atoms with van der Waals surface area (Å²) < 4.78 is 5.92. The molecule has 0 aromatic heterocycles. The Labute approximate surface area is 128 Å². The number of amides is 1. The number of nitrogens with zero attached hydrogens (tertiary/aromatic N) is 1. The lowest BCUT2D eigenvalue weighted by Gasteiger charge is -2.47. The Morgan fingerprint density at radius 2 is 1.81 bits per heavy atom. The summed E-state index contributed by atoms with van der Waals surface area (Å²) in [6.45, 7) is 1.98. The number of carbonyl (C=O) groups excluding carboxylic acids is 1. The van der Waals surface area contributed by atoms with E-state index in [-0.39, 0.29) is 11.5 Å². The van der Waals surface area contributed by atoms with Crippen molar-refractivity contribution < 1.29 is 9.53 Å². The Bertz CT molecular complexity index is 362. The quantitative estimate of drug-likeness (QED) is 0.796. The van der Waals surface area contributed by atoms with E-state index >= 15 is 0 Å². The Hall–Kier alpha value is -0.610. The molecule has 4 heteroatoms. The molecule has 2 aliphatic carbocycles. The van der Waals surface area contributed by atoms with Gasteiger partial charge in [-0.3, -0.25) is 4.79 Å². The minimum Gasteiger partial charge on any atom is -0.374 e. The first-order valence-corrected chi connectivity index (χ1v) is 8.90. The molecule has 1 aliphatic heterocycles. The van der Waals surface area contributed by atoms with Gasteiger partial charge in [-0.25, -0.2) is 0 Å². The average molecular weight is 294 g/mol. The van der Waals surface area contributed by atoms with Crippen LogP contribution in [0, 0.1) is 5.41 Å². The summed E-state index contributed by atoms with van der Waals surface area (Å²) in [5, 5.41) is 0. The molecule has 3 fully saturated rings. The summed E-state index contributed by atoms with van der Waals surface area (Å²) in [4.78, 5) is 15.5. The Kier molecular flexibility index (Phi) is 4.85. The van der Waals surface area contributed by atoms with Crippen molar-refractivity contribution in [2.45, 2.75) is 76.4 Å². The van der Waals surface area contributed by atoms with Gasteiger partial charge in [-0.2, -0.15) is 0 Å². The van der Waals surface area contributed by atoms with E-state index in [1.165, 1.54) is 25.7 Å². The van der Waals surface area contributed by atoms with E-state index in [1.807, 2.05) is 0 Å². The number of fused-ring (bicyclic) bond motifs is 1. The van der Waals surface area contributed by atoms with Crippen LogP contribution in [0.15, 0.2) is 0 Å². The molecular formula is C17H30N2O2. The van der Waals surface area contributed by atoms with Crippen molar-refractivity contribution >= 4 is 5.91 Å². The minimum absolute atomic E-state index is 0.275. The molecule has 3 rings (SSSR count). The van der Waals surface area contributed by atoms with Crippen molar-refractivity contribution in [2.24, 2.45) is 11.1 Å². The molecule has 1 amide bonds. The van der Waals surface area contributed by atoms with Gasteiger partial charge in [-0.1, -0.05) is 38.5 Å². The first-order chi connectivity index (χ1) is 10.3. The van der Waals surface area contributed by atoms with E-state index in [9.17, 15) is 4.79 Å². The van der Waals surface area contributed by atoms with E-state index in [0.717, 1.165) is 45.1 Å². The Balaban J connectivity index is 1.78. The molecule has 4 nitrogen and oxygen atoms in total. The van der Waals surface area contributed by atoms with Crippen molar-refractivity contribution in [3.63, 3.8) is 0 Å². The van der Waals surface area contributed by atoms with Gasteiger partial charge in [0, 0.05) is 13.1 Å². The molecule has 2 atom stereocenters. The normalized spacial score (nSPS) is 33.1. The number of hydrogen-bond donors (Lipinski definition) is 1. The summed E-state index contributed by atoms with van der Waals surface area (Å²) in [6.07, 6.45) is 11.7. The monoisotopic (exact) mass is 294 g/mol. The highest BCUT2D eigenvalue weighted by Gasteiger charge is 2.45. The van der Waals surface area contributed by atoms with Gasteiger partial charge < -0.3 is 15.4 Å². The van der Waals surface area contributed by atoms with Gasteiger partial charge in [0.15, 0.2) is 0 Å². The van der Waals surface area contributed by atoms with Gasteiger partial charge in [0.2, 0.25) is 5.91 Å². The number of carbonyl (C=O) groups is 1. The van der Waals surface area contributed by atoms with Crippen LogP contribution in [0.5, 0.6) is 0 Å². The maximum Gasteiger partial charge on any atom is 0.230 e. The Morgan fingerprint density at radius 3 is 2.52 bits per heavy atom. The van der Waals surface area contributed by atoms with Gasteiger partial charge in [0.25, 0.3) is 0 Å². The average Bonchev–Trinajstić information content (AvgIpc) is 2.80. The fourth-order valence-electron chi connectivity index (χ4n) is 4.56. The van der Waals surface area contributed by atoms with E-state index in [1.54, 1.807) is 0 Å². The molecule has 0 aromatic rings. The molecule has 2 N–H and O–H groups in total. The smallest absolute Gasteiger partial charge is 0.230 e. The van der Waals surface area contributed by atoms with E-state index in [0.29, 0.717) is 25.1 Å². The molecule has 0 aromatic carbocycles. The molecule has 1 heterocycles. The topological polar surface area (TPSA) is 55.6 Å². The van der Waals surface area contributed by atoms with Crippen LogP contribution in [-0.4, -0.2) is 42.6 Å². The molecule has 0 radical (unpaired) electrons. The lowest BCUT2D eigenvalue weighted by molar-refractivity contribution is -0.160. The van der Waals surface area contributed by atoms with Crippen LogP contribution in [0.3, 0.4) is 0 Å². The summed E-state index contributed by atoms with van der Waals surface area (Å²) in [6, 6.07) is 0.312. The Morgan fingerprint density at radius 1 is 1.10 bits per heavy atom. The SMILES string of the molecule is NCC1(C(=O)N2CCOC3CCCCC32)CCCCCC1. The maximum atomic E-state index is 13.3. The van der Waals surface area contributed by atoms with Gasteiger partial charge in [0.05, 0.1) is 24.2 Å².